The van der Waals surface area contributed by atoms with Crippen LogP contribution in [0.4, 0.5) is 28.9 Å². The maximum absolute atomic E-state index is 13.1. The van der Waals surface area contributed by atoms with E-state index in [1.165, 1.54) is 60.7 Å². The Kier molecular flexibility index (Phi) is 6.92. The van der Waals surface area contributed by atoms with Crippen LogP contribution in [0.15, 0.2) is 72.8 Å². The second-order valence-electron chi connectivity index (χ2n) is 6.97. The number of ether oxygens (including phenoxy) is 1. The average Bonchev–Trinajstić information content (AvgIpc) is 2.73. The van der Waals surface area contributed by atoms with E-state index in [1.807, 2.05) is 0 Å². The first-order valence-corrected chi connectivity index (χ1v) is 11.2. The molecule has 3 aromatic carbocycles. The van der Waals surface area contributed by atoms with Gasteiger partial charge in [0.25, 0.3) is 5.91 Å². The highest BCUT2D eigenvalue weighted by Gasteiger charge is 2.31. The van der Waals surface area contributed by atoms with E-state index in [4.69, 9.17) is 0 Å². The second-order valence-corrected chi connectivity index (χ2v) is 8.88. The van der Waals surface area contributed by atoms with Crippen LogP contribution in [0.3, 0.4) is 0 Å². The van der Waals surface area contributed by atoms with Gasteiger partial charge in [-0.05, 0) is 66.2 Å². The number of anilines is 2. The van der Waals surface area contributed by atoms with Crippen molar-refractivity contribution in [3.63, 3.8) is 0 Å². The van der Waals surface area contributed by atoms with Crippen LogP contribution >= 0.6 is 0 Å². The summed E-state index contributed by atoms with van der Waals surface area (Å²) in [5.74, 6) is -1.41. The summed E-state index contributed by atoms with van der Waals surface area (Å²) in [4.78, 5) is 12.4. The molecule has 3 rings (SSSR count). The van der Waals surface area contributed by atoms with Gasteiger partial charge in [0.2, 0.25) is 10.0 Å². The van der Waals surface area contributed by atoms with Gasteiger partial charge >= 0.3 is 6.36 Å². The Morgan fingerprint density at radius 3 is 2.03 bits per heavy atom. The van der Waals surface area contributed by atoms with Gasteiger partial charge in [-0.3, -0.25) is 9.10 Å². The number of benzene rings is 3. The molecule has 11 heteroatoms. The van der Waals surface area contributed by atoms with Gasteiger partial charge < -0.3 is 10.1 Å². The topological polar surface area (TPSA) is 75.7 Å². The number of carbonyl (C=O) groups is 1. The quantitative estimate of drug-likeness (QED) is 0.484. The molecule has 0 aliphatic rings. The van der Waals surface area contributed by atoms with Gasteiger partial charge in [0.05, 0.1) is 18.5 Å². The first-order valence-electron chi connectivity index (χ1n) is 9.40. The van der Waals surface area contributed by atoms with Crippen LogP contribution in [0.25, 0.3) is 0 Å². The Hall–Kier alpha value is -3.60. The summed E-state index contributed by atoms with van der Waals surface area (Å²) in [6.45, 7) is -0.0308. The molecule has 0 fully saturated rings. The van der Waals surface area contributed by atoms with Gasteiger partial charge in [-0.2, -0.15) is 0 Å². The summed E-state index contributed by atoms with van der Waals surface area (Å²) >= 11 is 0. The Morgan fingerprint density at radius 2 is 1.52 bits per heavy atom. The molecule has 0 radical (unpaired) electrons. The number of nitrogens with one attached hydrogen (secondary N) is 1. The lowest BCUT2D eigenvalue weighted by Gasteiger charge is -2.22. The number of nitrogens with zero attached hydrogens (tertiary/aromatic N) is 1. The number of hydrogen-bond donors (Lipinski definition) is 1. The van der Waals surface area contributed by atoms with E-state index in [0.717, 1.165) is 22.7 Å². The van der Waals surface area contributed by atoms with Crippen LogP contribution in [-0.4, -0.2) is 26.9 Å². The van der Waals surface area contributed by atoms with E-state index in [0.29, 0.717) is 11.3 Å². The van der Waals surface area contributed by atoms with Crippen LogP contribution in [-0.2, 0) is 16.6 Å². The third kappa shape index (κ3) is 6.94. The fraction of sp³-hybridized carbons (Fsp3) is 0.136. The largest absolute Gasteiger partial charge is 0.573 e. The third-order valence-corrected chi connectivity index (χ3v) is 5.54. The smallest absolute Gasteiger partial charge is 0.406 e. The molecule has 0 aliphatic carbocycles. The number of hydrogen-bond acceptors (Lipinski definition) is 4. The molecule has 0 unspecified atom stereocenters. The molecule has 0 aromatic heterocycles. The molecule has 0 aliphatic heterocycles. The van der Waals surface area contributed by atoms with Crippen molar-refractivity contribution in [3.8, 4) is 5.75 Å². The highest BCUT2D eigenvalue weighted by molar-refractivity contribution is 7.92. The van der Waals surface area contributed by atoms with Crippen molar-refractivity contribution >= 4 is 27.3 Å². The fourth-order valence-electron chi connectivity index (χ4n) is 2.88. The van der Waals surface area contributed by atoms with E-state index in [2.05, 4.69) is 10.1 Å². The highest BCUT2D eigenvalue weighted by atomic mass is 32.2. The van der Waals surface area contributed by atoms with Crippen LogP contribution in [0.1, 0.15) is 15.9 Å². The molecule has 0 heterocycles. The number of alkyl halides is 3. The Bertz CT molecular complexity index is 1210. The third-order valence-electron chi connectivity index (χ3n) is 4.40. The molecule has 3 aromatic rings. The van der Waals surface area contributed by atoms with Crippen LogP contribution in [0, 0.1) is 5.82 Å². The van der Waals surface area contributed by atoms with Crippen molar-refractivity contribution in [2.45, 2.75) is 12.9 Å². The standard InChI is InChI=1S/C22H18F4N2O4S/c1-33(30,31)28(14-15-2-6-17(23)7-3-15)19-10-4-16(5-11-19)21(29)27-18-8-12-20(13-9-18)32-22(24,25)26/h2-13H,14H2,1H3,(H,27,29). The van der Waals surface area contributed by atoms with Gasteiger partial charge in [0.1, 0.15) is 11.6 Å². The predicted octanol–water partition coefficient (Wildman–Crippen LogP) is 4.94. The molecule has 0 atom stereocenters. The van der Waals surface area contributed by atoms with Gasteiger partial charge in [-0.15, -0.1) is 13.2 Å². The molecule has 0 bridgehead atoms. The fourth-order valence-corrected chi connectivity index (χ4v) is 3.77. The minimum atomic E-state index is -4.82. The summed E-state index contributed by atoms with van der Waals surface area (Å²) in [6.07, 6.45) is -3.79. The lowest BCUT2D eigenvalue weighted by atomic mass is 10.1. The first kappa shape index (κ1) is 24.1. The Balaban J connectivity index is 1.72. The maximum Gasteiger partial charge on any atom is 0.573 e. The molecule has 1 amide bonds. The van der Waals surface area contributed by atoms with Crippen molar-refractivity contribution in [2.24, 2.45) is 0 Å². The van der Waals surface area contributed by atoms with Crippen LogP contribution in [0.2, 0.25) is 0 Å². The number of halogens is 4. The molecule has 0 saturated heterocycles. The molecule has 174 valence electrons. The monoisotopic (exact) mass is 482 g/mol. The Labute approximate surface area is 187 Å². The second kappa shape index (κ2) is 9.49. The van der Waals surface area contributed by atoms with Crippen LogP contribution in [0.5, 0.6) is 5.75 Å². The summed E-state index contributed by atoms with van der Waals surface area (Å²) in [5.41, 5.74) is 1.31. The zero-order valence-electron chi connectivity index (χ0n) is 17.1. The molecular weight excluding hydrogens is 464 g/mol. The van der Waals surface area contributed by atoms with Gasteiger partial charge in [0.15, 0.2) is 0 Å². The number of sulfonamides is 1. The van der Waals surface area contributed by atoms with E-state index in [1.54, 1.807) is 0 Å². The van der Waals surface area contributed by atoms with Crippen molar-refractivity contribution in [2.75, 3.05) is 15.9 Å². The number of rotatable bonds is 7. The lowest BCUT2D eigenvalue weighted by molar-refractivity contribution is -0.274. The minimum Gasteiger partial charge on any atom is -0.406 e. The summed E-state index contributed by atoms with van der Waals surface area (Å²) < 4.78 is 79.2. The zero-order chi connectivity index (χ0) is 24.2. The normalized spacial score (nSPS) is 11.7. The summed E-state index contributed by atoms with van der Waals surface area (Å²) in [6, 6.07) is 15.7. The molecule has 33 heavy (non-hydrogen) atoms. The molecule has 1 N–H and O–H groups in total. The van der Waals surface area contributed by atoms with E-state index < -0.39 is 33.9 Å². The van der Waals surface area contributed by atoms with Crippen LogP contribution < -0.4 is 14.4 Å². The van der Waals surface area contributed by atoms with Crippen molar-refractivity contribution in [1.82, 2.24) is 0 Å². The number of amides is 1. The summed E-state index contributed by atoms with van der Waals surface area (Å²) in [5, 5.41) is 2.53. The van der Waals surface area contributed by atoms with Crippen molar-refractivity contribution in [3.05, 3.63) is 89.7 Å². The molecule has 0 spiro atoms. The van der Waals surface area contributed by atoms with Gasteiger partial charge in [-0.25, -0.2) is 12.8 Å². The van der Waals surface area contributed by atoms with E-state index in [-0.39, 0.29) is 17.8 Å². The lowest BCUT2D eigenvalue weighted by Crippen LogP contribution is -2.29. The Morgan fingerprint density at radius 1 is 0.939 bits per heavy atom. The van der Waals surface area contributed by atoms with E-state index >= 15 is 0 Å². The van der Waals surface area contributed by atoms with Crippen molar-refractivity contribution < 1.29 is 35.5 Å². The average molecular weight is 482 g/mol. The van der Waals surface area contributed by atoms with Gasteiger partial charge in [0, 0.05) is 11.3 Å². The first-order chi connectivity index (χ1) is 15.4. The predicted molar refractivity (Wildman–Crippen MR) is 115 cm³/mol. The number of carbonyl (C=O) groups excluding carboxylic acids is 1. The highest BCUT2D eigenvalue weighted by Crippen LogP contribution is 2.25. The SMILES string of the molecule is CS(=O)(=O)N(Cc1ccc(F)cc1)c1ccc(C(=O)Nc2ccc(OC(F)(F)F)cc2)cc1. The molecule has 6 nitrogen and oxygen atoms in total. The van der Waals surface area contributed by atoms with Crippen molar-refractivity contribution in [1.29, 1.82) is 0 Å². The molecule has 0 saturated carbocycles. The van der Waals surface area contributed by atoms with E-state index in [9.17, 15) is 30.8 Å². The van der Waals surface area contributed by atoms with Gasteiger partial charge in [-0.1, -0.05) is 12.1 Å². The summed E-state index contributed by atoms with van der Waals surface area (Å²) in [7, 11) is -3.68. The molecular formula is C22H18F4N2O4S. The maximum atomic E-state index is 13.1. The zero-order valence-corrected chi connectivity index (χ0v) is 18.0. The minimum absolute atomic E-state index is 0.0308.